The van der Waals surface area contributed by atoms with Gasteiger partial charge in [0.25, 0.3) is 0 Å². The highest BCUT2D eigenvalue weighted by Crippen LogP contribution is 2.11. The minimum atomic E-state index is -0.824. The van der Waals surface area contributed by atoms with Crippen LogP contribution in [0, 0.1) is 0 Å². The van der Waals surface area contributed by atoms with Gasteiger partial charge in [0.1, 0.15) is 12.4 Å². The quantitative estimate of drug-likeness (QED) is 0.348. The number of benzene rings is 2. The van der Waals surface area contributed by atoms with Gasteiger partial charge in [0.15, 0.2) is 0 Å². The van der Waals surface area contributed by atoms with Gasteiger partial charge in [-0.05, 0) is 42.3 Å². The number of ether oxygens (including phenoxy) is 1. The molecule has 0 spiro atoms. The van der Waals surface area contributed by atoms with Crippen LogP contribution in [0.15, 0.2) is 72.4 Å². The zero-order chi connectivity index (χ0) is 18.8. The second-order valence-corrected chi connectivity index (χ2v) is 5.47. The number of nitrogens with zero attached hydrogens (tertiary/aromatic N) is 1. The molecule has 1 atom stereocenters. The minimum absolute atomic E-state index is 0.276. The molecule has 2 aromatic carbocycles. The van der Waals surface area contributed by atoms with Gasteiger partial charge in [0, 0.05) is 0 Å². The summed E-state index contributed by atoms with van der Waals surface area (Å²) in [6.07, 6.45) is 3.11. The van der Waals surface area contributed by atoms with Gasteiger partial charge in [-0.1, -0.05) is 43.0 Å². The monoisotopic (exact) mass is 351 g/mol. The van der Waals surface area contributed by atoms with Crippen LogP contribution >= 0.6 is 0 Å². The average molecular weight is 351 g/mol. The molecule has 0 saturated carbocycles. The number of amides is 2. The second-order valence-electron chi connectivity index (χ2n) is 5.47. The first-order valence-corrected chi connectivity index (χ1v) is 8.12. The molecule has 0 aliphatic rings. The SMILES string of the molecule is C=CCOc1ccc(/C=N\NC(=O)C(=O)N[C@H](C)c2ccccc2)cc1. The summed E-state index contributed by atoms with van der Waals surface area (Å²) < 4.78 is 5.37. The Labute approximate surface area is 152 Å². The molecular weight excluding hydrogens is 330 g/mol. The van der Waals surface area contributed by atoms with E-state index in [1.165, 1.54) is 6.21 Å². The largest absolute Gasteiger partial charge is 0.490 e. The number of rotatable bonds is 7. The molecule has 2 amide bonds. The molecule has 2 N–H and O–H groups in total. The summed E-state index contributed by atoms with van der Waals surface area (Å²) in [6.45, 7) is 5.82. The maximum absolute atomic E-state index is 11.9. The van der Waals surface area contributed by atoms with E-state index in [-0.39, 0.29) is 6.04 Å². The van der Waals surface area contributed by atoms with Crippen molar-refractivity contribution in [1.29, 1.82) is 0 Å². The maximum Gasteiger partial charge on any atom is 0.329 e. The molecule has 6 nitrogen and oxygen atoms in total. The first-order chi connectivity index (χ1) is 12.6. The lowest BCUT2D eigenvalue weighted by Gasteiger charge is -2.13. The summed E-state index contributed by atoms with van der Waals surface area (Å²) in [7, 11) is 0. The molecule has 0 bridgehead atoms. The Balaban J connectivity index is 1.82. The first kappa shape index (κ1) is 18.9. The Morgan fingerprint density at radius 1 is 1.12 bits per heavy atom. The molecule has 6 heteroatoms. The van der Waals surface area contributed by atoms with Crippen LogP contribution < -0.4 is 15.5 Å². The van der Waals surface area contributed by atoms with Crippen LogP contribution in [-0.4, -0.2) is 24.6 Å². The van der Waals surface area contributed by atoms with E-state index in [2.05, 4.69) is 22.4 Å². The molecule has 0 radical (unpaired) electrons. The highest BCUT2D eigenvalue weighted by atomic mass is 16.5. The van der Waals surface area contributed by atoms with Crippen molar-refractivity contribution in [1.82, 2.24) is 10.7 Å². The Kier molecular flexibility index (Phi) is 7.12. The number of hydrogen-bond acceptors (Lipinski definition) is 4. The van der Waals surface area contributed by atoms with Crippen LogP contribution in [0.1, 0.15) is 24.1 Å². The molecule has 0 fully saturated rings. The van der Waals surface area contributed by atoms with Crippen LogP contribution in [0.3, 0.4) is 0 Å². The third kappa shape index (κ3) is 5.90. The van der Waals surface area contributed by atoms with Crippen LogP contribution in [0.2, 0.25) is 0 Å². The smallest absolute Gasteiger partial charge is 0.329 e. The number of hydrazone groups is 1. The standard InChI is InChI=1S/C20H21N3O3/c1-3-13-26-18-11-9-16(10-12-18)14-21-23-20(25)19(24)22-15(2)17-7-5-4-6-8-17/h3-12,14-15H,1,13H2,2H3,(H,22,24)(H,23,25)/b21-14-/t15-/m1/s1. The first-order valence-electron chi connectivity index (χ1n) is 8.12. The Hall–Kier alpha value is -3.41. The summed E-state index contributed by atoms with van der Waals surface area (Å²) in [5.74, 6) is -0.859. The third-order valence-electron chi connectivity index (χ3n) is 3.48. The molecular formula is C20H21N3O3. The zero-order valence-corrected chi connectivity index (χ0v) is 14.5. The van der Waals surface area contributed by atoms with Gasteiger partial charge in [-0.25, -0.2) is 5.43 Å². The van der Waals surface area contributed by atoms with Crippen molar-refractivity contribution in [2.45, 2.75) is 13.0 Å². The molecule has 0 aromatic heterocycles. The lowest BCUT2D eigenvalue weighted by molar-refractivity contribution is -0.139. The molecule has 26 heavy (non-hydrogen) atoms. The summed E-state index contributed by atoms with van der Waals surface area (Å²) in [5, 5.41) is 6.41. The van der Waals surface area contributed by atoms with E-state index in [1.54, 1.807) is 37.3 Å². The van der Waals surface area contributed by atoms with Crippen LogP contribution in [0.25, 0.3) is 0 Å². The Morgan fingerprint density at radius 3 is 2.46 bits per heavy atom. The van der Waals surface area contributed by atoms with Crippen molar-refractivity contribution in [3.8, 4) is 5.75 Å². The summed E-state index contributed by atoms with van der Waals surface area (Å²) >= 11 is 0. The number of carbonyl (C=O) groups is 2. The van der Waals surface area contributed by atoms with Crippen LogP contribution in [-0.2, 0) is 9.59 Å². The van der Waals surface area contributed by atoms with Crippen LogP contribution in [0.4, 0.5) is 0 Å². The minimum Gasteiger partial charge on any atom is -0.490 e. The molecule has 0 aliphatic carbocycles. The predicted octanol–water partition coefficient (Wildman–Crippen LogP) is 2.58. The lowest BCUT2D eigenvalue weighted by Crippen LogP contribution is -2.39. The summed E-state index contributed by atoms with van der Waals surface area (Å²) in [6, 6.07) is 16.2. The number of hydrogen-bond donors (Lipinski definition) is 2. The van der Waals surface area contributed by atoms with E-state index in [0.29, 0.717) is 12.4 Å². The number of nitrogens with one attached hydrogen (secondary N) is 2. The van der Waals surface area contributed by atoms with Crippen molar-refractivity contribution in [3.63, 3.8) is 0 Å². The van der Waals surface area contributed by atoms with E-state index >= 15 is 0 Å². The average Bonchev–Trinajstić information content (AvgIpc) is 2.67. The zero-order valence-electron chi connectivity index (χ0n) is 14.5. The molecule has 0 aliphatic heterocycles. The molecule has 2 aromatic rings. The van der Waals surface area contributed by atoms with E-state index in [0.717, 1.165) is 11.1 Å². The predicted molar refractivity (Wildman–Crippen MR) is 101 cm³/mol. The molecule has 0 saturated heterocycles. The highest BCUT2D eigenvalue weighted by Gasteiger charge is 2.16. The molecule has 134 valence electrons. The molecule has 0 unspecified atom stereocenters. The van der Waals surface area contributed by atoms with Gasteiger partial charge in [-0.15, -0.1) is 0 Å². The van der Waals surface area contributed by atoms with E-state index in [9.17, 15) is 9.59 Å². The topological polar surface area (TPSA) is 79.8 Å². The van der Waals surface area contributed by atoms with E-state index in [1.807, 2.05) is 30.3 Å². The van der Waals surface area contributed by atoms with Gasteiger partial charge < -0.3 is 10.1 Å². The fourth-order valence-electron chi connectivity index (χ4n) is 2.11. The van der Waals surface area contributed by atoms with Gasteiger partial charge >= 0.3 is 11.8 Å². The maximum atomic E-state index is 11.9. The Morgan fingerprint density at radius 2 is 1.81 bits per heavy atom. The van der Waals surface area contributed by atoms with Gasteiger partial charge in [0.2, 0.25) is 0 Å². The normalized spacial score (nSPS) is 11.6. The molecule has 2 rings (SSSR count). The lowest BCUT2D eigenvalue weighted by atomic mass is 10.1. The van der Waals surface area contributed by atoms with Crippen molar-refractivity contribution >= 4 is 18.0 Å². The summed E-state index contributed by atoms with van der Waals surface area (Å²) in [4.78, 5) is 23.7. The van der Waals surface area contributed by atoms with E-state index < -0.39 is 11.8 Å². The fraction of sp³-hybridized carbons (Fsp3) is 0.150. The Bertz CT molecular complexity index is 771. The van der Waals surface area contributed by atoms with Gasteiger partial charge in [-0.3, -0.25) is 9.59 Å². The van der Waals surface area contributed by atoms with Crippen molar-refractivity contribution in [2.24, 2.45) is 5.10 Å². The second kappa shape index (κ2) is 9.78. The van der Waals surface area contributed by atoms with Crippen molar-refractivity contribution in [3.05, 3.63) is 78.4 Å². The third-order valence-corrected chi connectivity index (χ3v) is 3.48. The van der Waals surface area contributed by atoms with Crippen molar-refractivity contribution in [2.75, 3.05) is 6.61 Å². The number of carbonyl (C=O) groups excluding carboxylic acids is 2. The van der Waals surface area contributed by atoms with Gasteiger partial charge in [-0.2, -0.15) is 5.10 Å². The molecule has 0 heterocycles. The van der Waals surface area contributed by atoms with Crippen molar-refractivity contribution < 1.29 is 14.3 Å². The highest BCUT2D eigenvalue weighted by molar-refractivity contribution is 6.35. The van der Waals surface area contributed by atoms with Crippen LogP contribution in [0.5, 0.6) is 5.75 Å². The van der Waals surface area contributed by atoms with E-state index in [4.69, 9.17) is 4.74 Å². The summed E-state index contributed by atoms with van der Waals surface area (Å²) in [5.41, 5.74) is 3.88. The van der Waals surface area contributed by atoms with Gasteiger partial charge in [0.05, 0.1) is 12.3 Å². The fourth-order valence-corrected chi connectivity index (χ4v) is 2.11.